The number of sulfone groups is 1. The molecule has 0 radical (unpaired) electrons. The van der Waals surface area contributed by atoms with Crippen LogP contribution in [0.3, 0.4) is 0 Å². The zero-order valence-corrected chi connectivity index (χ0v) is 13.3. The van der Waals surface area contributed by atoms with Gasteiger partial charge >= 0.3 is 0 Å². The van der Waals surface area contributed by atoms with Crippen molar-refractivity contribution in [2.24, 2.45) is 17.8 Å². The third-order valence-electron chi connectivity index (χ3n) is 3.96. The minimum Gasteiger partial charge on any atom is -0.249 e. The van der Waals surface area contributed by atoms with Gasteiger partial charge in [-0.3, -0.25) is 0 Å². The molecule has 1 unspecified atom stereocenters. The molecule has 0 amide bonds. The number of rotatable bonds is 5. The van der Waals surface area contributed by atoms with Crippen molar-refractivity contribution in [1.82, 2.24) is 4.98 Å². The van der Waals surface area contributed by atoms with E-state index in [4.69, 9.17) is 0 Å². The topological polar surface area (TPSA) is 47.0 Å². The third-order valence-corrected chi connectivity index (χ3v) is 6.19. The molecule has 0 N–H and O–H groups in total. The van der Waals surface area contributed by atoms with E-state index in [0.717, 1.165) is 18.3 Å². The van der Waals surface area contributed by atoms with Crippen LogP contribution in [0.4, 0.5) is 0 Å². The summed E-state index contributed by atoms with van der Waals surface area (Å²) < 4.78 is 24.1. The first kappa shape index (κ1) is 15.0. The van der Waals surface area contributed by atoms with Gasteiger partial charge in [0.15, 0.2) is 9.84 Å². The Kier molecular flexibility index (Phi) is 5.01. The van der Waals surface area contributed by atoms with Crippen LogP contribution < -0.4 is 0 Å². The summed E-state index contributed by atoms with van der Waals surface area (Å²) in [5.74, 6) is 2.50. The van der Waals surface area contributed by atoms with Crippen molar-refractivity contribution in [2.45, 2.75) is 45.3 Å². The van der Waals surface area contributed by atoms with Gasteiger partial charge in [-0.1, -0.05) is 13.8 Å². The first-order valence-electron chi connectivity index (χ1n) is 7.02. The van der Waals surface area contributed by atoms with Gasteiger partial charge in [-0.2, -0.15) is 0 Å². The van der Waals surface area contributed by atoms with E-state index < -0.39 is 9.84 Å². The Hall–Kier alpha value is -0.420. The maximum absolute atomic E-state index is 12.1. The minimum absolute atomic E-state index is 0.105. The third kappa shape index (κ3) is 4.88. The lowest BCUT2D eigenvalue weighted by Crippen LogP contribution is -2.22. The molecule has 0 aromatic carbocycles. The molecule has 1 aromatic heterocycles. The molecule has 19 heavy (non-hydrogen) atoms. The number of nitrogens with zero attached hydrogens (tertiary/aromatic N) is 1. The van der Waals surface area contributed by atoms with Gasteiger partial charge in [0.05, 0.1) is 22.7 Å². The minimum atomic E-state index is -2.99. The predicted molar refractivity (Wildman–Crippen MR) is 79.9 cm³/mol. The summed E-state index contributed by atoms with van der Waals surface area (Å²) in [7, 11) is -2.99. The molecule has 1 aliphatic carbocycles. The Balaban J connectivity index is 1.84. The zero-order valence-electron chi connectivity index (χ0n) is 11.7. The maximum atomic E-state index is 12.1. The predicted octanol–water partition coefficient (Wildman–Crippen LogP) is 3.52. The number of hydrogen-bond acceptors (Lipinski definition) is 4. The second-order valence-corrected chi connectivity index (χ2v) is 9.05. The highest BCUT2D eigenvalue weighted by Gasteiger charge is 2.25. The van der Waals surface area contributed by atoms with Gasteiger partial charge in [0.25, 0.3) is 0 Å². The Morgan fingerprint density at radius 2 is 1.95 bits per heavy atom. The quantitative estimate of drug-likeness (QED) is 0.836. The van der Waals surface area contributed by atoms with Crippen molar-refractivity contribution in [2.75, 3.05) is 5.75 Å². The van der Waals surface area contributed by atoms with Crippen LogP contribution in [0.15, 0.2) is 10.9 Å². The zero-order chi connectivity index (χ0) is 13.9. The fraction of sp³-hybridized carbons (Fsp3) is 0.786. The largest absolute Gasteiger partial charge is 0.249 e. The molecule has 3 atom stereocenters. The smallest absolute Gasteiger partial charge is 0.156 e. The van der Waals surface area contributed by atoms with E-state index in [1.165, 1.54) is 30.6 Å². The van der Waals surface area contributed by atoms with E-state index >= 15 is 0 Å². The number of thiazole rings is 1. The van der Waals surface area contributed by atoms with Crippen LogP contribution in [0.25, 0.3) is 0 Å². The first-order valence-corrected chi connectivity index (χ1v) is 9.78. The van der Waals surface area contributed by atoms with E-state index in [1.54, 1.807) is 5.51 Å². The second kappa shape index (κ2) is 6.35. The molecule has 1 saturated carbocycles. The van der Waals surface area contributed by atoms with Crippen molar-refractivity contribution in [3.05, 3.63) is 16.6 Å². The molecule has 1 aromatic rings. The van der Waals surface area contributed by atoms with Crippen LogP contribution in [0.1, 0.15) is 45.2 Å². The summed E-state index contributed by atoms with van der Waals surface area (Å²) in [6.07, 6.45) is 4.50. The molecule has 0 spiro atoms. The van der Waals surface area contributed by atoms with E-state index in [1.807, 2.05) is 5.38 Å². The molecule has 1 aliphatic rings. The van der Waals surface area contributed by atoms with Gasteiger partial charge in [0.2, 0.25) is 0 Å². The molecule has 0 bridgehead atoms. The summed E-state index contributed by atoms with van der Waals surface area (Å²) >= 11 is 1.45. The average Bonchev–Trinajstić information content (AvgIpc) is 2.77. The SMILES string of the molecule is C[C@@H]1CC(CCS(=O)(=O)Cc2cscn2)C[C@H](C)C1. The first-order chi connectivity index (χ1) is 8.94. The molecule has 1 heterocycles. The lowest BCUT2D eigenvalue weighted by molar-refractivity contribution is 0.215. The van der Waals surface area contributed by atoms with Crippen molar-refractivity contribution < 1.29 is 8.42 Å². The van der Waals surface area contributed by atoms with Gasteiger partial charge in [0.1, 0.15) is 0 Å². The molecular formula is C14H23NO2S2. The van der Waals surface area contributed by atoms with Gasteiger partial charge in [-0.05, 0) is 43.4 Å². The molecule has 1 fully saturated rings. The number of aromatic nitrogens is 1. The summed E-state index contributed by atoms with van der Waals surface area (Å²) in [4.78, 5) is 4.06. The highest BCUT2D eigenvalue weighted by molar-refractivity contribution is 7.90. The van der Waals surface area contributed by atoms with Crippen molar-refractivity contribution in [1.29, 1.82) is 0 Å². The van der Waals surface area contributed by atoms with Gasteiger partial charge in [0, 0.05) is 5.38 Å². The number of hydrogen-bond donors (Lipinski definition) is 0. The van der Waals surface area contributed by atoms with Crippen molar-refractivity contribution in [3.8, 4) is 0 Å². The van der Waals surface area contributed by atoms with Crippen LogP contribution >= 0.6 is 11.3 Å². The highest BCUT2D eigenvalue weighted by atomic mass is 32.2. The summed E-state index contributed by atoms with van der Waals surface area (Å²) in [6.45, 7) is 4.57. The van der Waals surface area contributed by atoms with Crippen LogP contribution in [0.2, 0.25) is 0 Å². The molecule has 3 nitrogen and oxygen atoms in total. The molecule has 0 aliphatic heterocycles. The molecule has 2 rings (SSSR count). The molecule has 5 heteroatoms. The Bertz CT molecular complexity index is 472. The molecule has 108 valence electrons. The fourth-order valence-corrected chi connectivity index (χ4v) is 5.41. The normalized spacial score (nSPS) is 28.4. The van der Waals surface area contributed by atoms with Crippen LogP contribution in [-0.4, -0.2) is 19.2 Å². The standard InChI is InChI=1S/C14H23NO2S2/c1-11-5-12(2)7-13(6-11)3-4-19(16,17)9-14-8-18-10-15-14/h8,10-13H,3-7,9H2,1-2H3/t11-,12+,13?. The monoisotopic (exact) mass is 301 g/mol. The molecular weight excluding hydrogens is 278 g/mol. The summed E-state index contributed by atoms with van der Waals surface area (Å²) in [5, 5.41) is 1.82. The summed E-state index contributed by atoms with van der Waals surface area (Å²) in [5.41, 5.74) is 2.38. The van der Waals surface area contributed by atoms with E-state index in [9.17, 15) is 8.42 Å². The molecule has 0 saturated heterocycles. The van der Waals surface area contributed by atoms with Crippen molar-refractivity contribution >= 4 is 21.2 Å². The summed E-state index contributed by atoms with van der Waals surface area (Å²) in [6, 6.07) is 0. The fourth-order valence-electron chi connectivity index (χ4n) is 3.30. The van der Waals surface area contributed by atoms with Gasteiger partial charge in [-0.25, -0.2) is 13.4 Å². The lowest BCUT2D eigenvalue weighted by Gasteiger charge is -2.31. The highest BCUT2D eigenvalue weighted by Crippen LogP contribution is 2.34. The average molecular weight is 301 g/mol. The Morgan fingerprint density at radius 3 is 2.53 bits per heavy atom. The van der Waals surface area contributed by atoms with E-state index in [0.29, 0.717) is 17.4 Å². The van der Waals surface area contributed by atoms with Gasteiger partial charge < -0.3 is 0 Å². The lowest BCUT2D eigenvalue weighted by atomic mass is 9.76. The maximum Gasteiger partial charge on any atom is 0.156 e. The van der Waals surface area contributed by atoms with E-state index in [-0.39, 0.29) is 5.75 Å². The Morgan fingerprint density at radius 1 is 1.26 bits per heavy atom. The van der Waals surface area contributed by atoms with Crippen molar-refractivity contribution in [3.63, 3.8) is 0 Å². The van der Waals surface area contributed by atoms with Crippen LogP contribution in [0, 0.1) is 17.8 Å². The van der Waals surface area contributed by atoms with Gasteiger partial charge in [-0.15, -0.1) is 11.3 Å². The Labute approximate surface area is 120 Å². The second-order valence-electron chi connectivity index (χ2n) is 6.14. The van der Waals surface area contributed by atoms with Crippen LogP contribution in [0.5, 0.6) is 0 Å². The van der Waals surface area contributed by atoms with E-state index in [2.05, 4.69) is 18.8 Å². The van der Waals surface area contributed by atoms with Crippen LogP contribution in [-0.2, 0) is 15.6 Å².